The van der Waals surface area contributed by atoms with E-state index in [0.717, 1.165) is 89.4 Å². The molecule has 0 aromatic heterocycles. The second-order valence-electron chi connectivity index (χ2n) is 14.0. The summed E-state index contributed by atoms with van der Waals surface area (Å²) < 4.78 is 12.9. The van der Waals surface area contributed by atoms with E-state index in [-0.39, 0.29) is 23.4 Å². The standard InChI is InChI=1S/C32H52O4/c1-5-32(3,4)36-25-14-10-22(11-15-25)31(34)24-13-17-29-27(19-24)26-18-23(12-16-28(26)35-29)30(33)21-8-6-20(2)7-9-21/h20-29H,5-19H2,1-4H3. The molecule has 204 valence electrons. The Hall–Kier alpha value is -0.740. The molecular formula is C32H52O4. The van der Waals surface area contributed by atoms with Crippen LogP contribution < -0.4 is 0 Å². The third kappa shape index (κ3) is 5.80. The fourth-order valence-corrected chi connectivity index (χ4v) is 8.55. The molecular weight excluding hydrogens is 448 g/mol. The van der Waals surface area contributed by atoms with E-state index in [4.69, 9.17) is 9.47 Å². The molecule has 1 saturated heterocycles. The summed E-state index contributed by atoms with van der Waals surface area (Å²) >= 11 is 0. The number of rotatable bonds is 7. The SMILES string of the molecule is CCC(C)(C)OC1CCC(C(=O)C2CCC3OC4CCC(C(=O)C5CCC(C)CC5)CC4C3C2)CC1. The van der Waals surface area contributed by atoms with Crippen molar-refractivity contribution in [3.05, 3.63) is 0 Å². The first-order valence-corrected chi connectivity index (χ1v) is 15.6. The zero-order chi connectivity index (χ0) is 25.4. The van der Waals surface area contributed by atoms with Gasteiger partial charge in [0, 0.05) is 23.7 Å². The molecule has 6 unspecified atom stereocenters. The van der Waals surface area contributed by atoms with Crippen molar-refractivity contribution >= 4 is 11.6 Å². The monoisotopic (exact) mass is 500 g/mol. The second kappa shape index (κ2) is 11.2. The van der Waals surface area contributed by atoms with Gasteiger partial charge in [-0.15, -0.1) is 0 Å². The highest BCUT2D eigenvalue weighted by Gasteiger charge is 2.51. The van der Waals surface area contributed by atoms with Crippen molar-refractivity contribution < 1.29 is 19.1 Å². The van der Waals surface area contributed by atoms with Crippen LogP contribution in [0.3, 0.4) is 0 Å². The Morgan fingerprint density at radius 3 is 1.61 bits per heavy atom. The van der Waals surface area contributed by atoms with Gasteiger partial charge in [-0.25, -0.2) is 0 Å². The van der Waals surface area contributed by atoms with Crippen LogP contribution in [-0.4, -0.2) is 35.5 Å². The predicted molar refractivity (Wildman–Crippen MR) is 143 cm³/mol. The first-order chi connectivity index (χ1) is 17.2. The number of ether oxygens (including phenoxy) is 2. The molecule has 4 saturated carbocycles. The van der Waals surface area contributed by atoms with E-state index in [2.05, 4.69) is 27.7 Å². The number of carbonyl (C=O) groups excluding carboxylic acids is 2. The van der Waals surface area contributed by atoms with E-state index < -0.39 is 0 Å². The predicted octanol–water partition coefficient (Wildman–Crippen LogP) is 7.31. The van der Waals surface area contributed by atoms with Crippen LogP contribution in [0, 0.1) is 41.4 Å². The summed E-state index contributed by atoms with van der Waals surface area (Å²) in [6.45, 7) is 8.87. The van der Waals surface area contributed by atoms with Crippen LogP contribution in [-0.2, 0) is 19.1 Å². The minimum Gasteiger partial charge on any atom is -0.374 e. The lowest BCUT2D eigenvalue weighted by Crippen LogP contribution is -2.39. The maximum atomic E-state index is 13.6. The number of ketones is 2. The number of fused-ring (bicyclic) bond motifs is 3. The van der Waals surface area contributed by atoms with E-state index in [1.54, 1.807) is 0 Å². The average Bonchev–Trinajstić information content (AvgIpc) is 3.25. The van der Waals surface area contributed by atoms with Gasteiger partial charge in [0.05, 0.1) is 23.9 Å². The maximum absolute atomic E-state index is 13.6. The average molecular weight is 501 g/mol. The highest BCUT2D eigenvalue weighted by molar-refractivity contribution is 5.84. The molecule has 0 amide bonds. The van der Waals surface area contributed by atoms with E-state index in [1.165, 1.54) is 12.8 Å². The van der Waals surface area contributed by atoms with E-state index in [9.17, 15) is 9.59 Å². The van der Waals surface area contributed by atoms with Crippen molar-refractivity contribution in [3.8, 4) is 0 Å². The molecule has 4 heteroatoms. The van der Waals surface area contributed by atoms with Crippen molar-refractivity contribution in [1.82, 2.24) is 0 Å². The molecule has 5 rings (SSSR count). The Morgan fingerprint density at radius 1 is 0.694 bits per heavy atom. The quantitative estimate of drug-likeness (QED) is 0.368. The molecule has 6 atom stereocenters. The summed E-state index contributed by atoms with van der Waals surface area (Å²) in [5.74, 6) is 3.86. The van der Waals surface area contributed by atoms with E-state index >= 15 is 0 Å². The summed E-state index contributed by atoms with van der Waals surface area (Å²) in [5.41, 5.74) is -0.0619. The Kier molecular flexibility index (Phi) is 8.33. The largest absolute Gasteiger partial charge is 0.374 e. The highest BCUT2D eigenvalue weighted by atomic mass is 16.5. The van der Waals surface area contributed by atoms with Crippen molar-refractivity contribution in [2.45, 2.75) is 148 Å². The van der Waals surface area contributed by atoms with Gasteiger partial charge in [0.15, 0.2) is 0 Å². The van der Waals surface area contributed by atoms with Gasteiger partial charge in [-0.05, 0) is 115 Å². The van der Waals surface area contributed by atoms with Crippen LogP contribution in [0.15, 0.2) is 0 Å². The summed E-state index contributed by atoms with van der Waals surface area (Å²) in [7, 11) is 0. The van der Waals surface area contributed by atoms with E-state index in [0.29, 0.717) is 47.6 Å². The van der Waals surface area contributed by atoms with Crippen molar-refractivity contribution in [1.29, 1.82) is 0 Å². The van der Waals surface area contributed by atoms with Gasteiger partial charge >= 0.3 is 0 Å². The molecule has 1 aliphatic heterocycles. The minimum atomic E-state index is -0.0619. The number of hydrogen-bond acceptors (Lipinski definition) is 4. The maximum Gasteiger partial charge on any atom is 0.139 e. The van der Waals surface area contributed by atoms with Crippen LogP contribution in [0.2, 0.25) is 0 Å². The zero-order valence-corrected chi connectivity index (χ0v) is 23.5. The minimum absolute atomic E-state index is 0.0619. The lowest BCUT2D eigenvalue weighted by molar-refractivity contribution is -0.133. The number of hydrogen-bond donors (Lipinski definition) is 0. The highest BCUT2D eigenvalue weighted by Crippen LogP contribution is 2.51. The van der Waals surface area contributed by atoms with Gasteiger partial charge in [0.25, 0.3) is 0 Å². The summed E-state index contributed by atoms with van der Waals surface area (Å²) in [4.78, 5) is 27.0. The fraction of sp³-hybridized carbons (Fsp3) is 0.938. The molecule has 0 N–H and O–H groups in total. The molecule has 5 aliphatic rings. The third-order valence-corrected chi connectivity index (χ3v) is 11.2. The molecule has 4 aliphatic carbocycles. The molecule has 0 spiro atoms. The van der Waals surface area contributed by atoms with Crippen LogP contribution in [0.5, 0.6) is 0 Å². The van der Waals surface area contributed by atoms with Crippen LogP contribution in [0.1, 0.15) is 124 Å². The number of carbonyl (C=O) groups is 2. The topological polar surface area (TPSA) is 52.6 Å². The first kappa shape index (κ1) is 26.9. The Bertz CT molecular complexity index is 773. The summed E-state index contributed by atoms with van der Waals surface area (Å²) in [6, 6.07) is 0. The van der Waals surface area contributed by atoms with Crippen LogP contribution in [0.25, 0.3) is 0 Å². The van der Waals surface area contributed by atoms with Gasteiger partial charge in [0.1, 0.15) is 11.6 Å². The lowest BCUT2D eigenvalue weighted by atomic mass is 9.64. The molecule has 0 aromatic rings. The smallest absolute Gasteiger partial charge is 0.139 e. The molecule has 4 nitrogen and oxygen atoms in total. The van der Waals surface area contributed by atoms with Crippen molar-refractivity contribution in [3.63, 3.8) is 0 Å². The molecule has 1 heterocycles. The molecule has 0 aromatic carbocycles. The Labute approximate surface area is 220 Å². The first-order valence-electron chi connectivity index (χ1n) is 15.6. The Balaban J connectivity index is 1.15. The van der Waals surface area contributed by atoms with E-state index in [1.807, 2.05) is 0 Å². The van der Waals surface area contributed by atoms with Crippen molar-refractivity contribution in [2.75, 3.05) is 0 Å². The summed E-state index contributed by atoms with van der Waals surface area (Å²) in [5, 5.41) is 0. The van der Waals surface area contributed by atoms with Crippen LogP contribution in [0.4, 0.5) is 0 Å². The number of Topliss-reactive ketones (excluding diaryl/α,β-unsaturated/α-hetero) is 2. The summed E-state index contributed by atoms with van der Waals surface area (Å²) in [6.07, 6.45) is 16.8. The van der Waals surface area contributed by atoms with Crippen LogP contribution >= 0.6 is 0 Å². The third-order valence-electron chi connectivity index (χ3n) is 11.2. The zero-order valence-electron chi connectivity index (χ0n) is 23.5. The normalized spacial score (nSPS) is 43.4. The fourth-order valence-electron chi connectivity index (χ4n) is 8.55. The molecule has 0 radical (unpaired) electrons. The molecule has 36 heavy (non-hydrogen) atoms. The second-order valence-corrected chi connectivity index (χ2v) is 14.0. The van der Waals surface area contributed by atoms with Gasteiger partial charge in [-0.2, -0.15) is 0 Å². The van der Waals surface area contributed by atoms with Gasteiger partial charge in [-0.1, -0.05) is 26.7 Å². The Morgan fingerprint density at radius 2 is 1.14 bits per heavy atom. The lowest BCUT2D eigenvalue weighted by Gasteiger charge is -2.38. The van der Waals surface area contributed by atoms with Crippen molar-refractivity contribution in [2.24, 2.45) is 41.4 Å². The van der Waals surface area contributed by atoms with Gasteiger partial charge < -0.3 is 9.47 Å². The van der Waals surface area contributed by atoms with Gasteiger partial charge in [-0.3, -0.25) is 9.59 Å². The van der Waals surface area contributed by atoms with Gasteiger partial charge in [0.2, 0.25) is 0 Å². The molecule has 5 fully saturated rings. The molecule has 0 bridgehead atoms.